The first-order chi connectivity index (χ1) is 14.8. The predicted molar refractivity (Wildman–Crippen MR) is 112 cm³/mol. The number of nitrogens with zero attached hydrogens (tertiary/aromatic N) is 3. The van der Waals surface area contributed by atoms with Crippen molar-refractivity contribution in [2.45, 2.75) is 11.4 Å². The molecule has 11 nitrogen and oxygen atoms in total. The van der Waals surface area contributed by atoms with E-state index in [-0.39, 0.29) is 23.9 Å². The largest absolute Gasteiger partial charge is 0.467 e. The molecule has 2 aliphatic heterocycles. The number of amides is 1. The minimum absolute atomic E-state index is 0.0439. The van der Waals surface area contributed by atoms with E-state index >= 15 is 0 Å². The van der Waals surface area contributed by atoms with Gasteiger partial charge in [0.1, 0.15) is 6.04 Å². The molecule has 168 valence electrons. The Balaban J connectivity index is 1.60. The lowest BCUT2D eigenvalue weighted by atomic mass is 10.2. The molecule has 2 heterocycles. The Labute approximate surface area is 183 Å². The number of nitro benzene ring substituents is 1. The van der Waals surface area contributed by atoms with Crippen LogP contribution in [0.15, 0.2) is 24.3 Å². The Bertz CT molecular complexity index is 818. The number of quaternary nitrogens is 1. The summed E-state index contributed by atoms with van der Waals surface area (Å²) >= 11 is 1.19. The molecule has 0 saturated carbocycles. The van der Waals surface area contributed by atoms with Crippen LogP contribution in [0.25, 0.3) is 0 Å². The van der Waals surface area contributed by atoms with Crippen molar-refractivity contribution in [3.63, 3.8) is 0 Å². The van der Waals surface area contributed by atoms with Gasteiger partial charge in [0.25, 0.3) is 11.6 Å². The summed E-state index contributed by atoms with van der Waals surface area (Å²) in [6.45, 7) is 2.85. The van der Waals surface area contributed by atoms with Gasteiger partial charge in [0.2, 0.25) is 0 Å². The minimum atomic E-state index is -0.859. The van der Waals surface area contributed by atoms with Crippen molar-refractivity contribution in [1.82, 2.24) is 4.90 Å². The summed E-state index contributed by atoms with van der Waals surface area (Å²) in [7, 11) is 2.50. The van der Waals surface area contributed by atoms with Crippen LogP contribution >= 0.6 is 11.8 Å². The van der Waals surface area contributed by atoms with E-state index in [1.54, 1.807) is 12.1 Å². The van der Waals surface area contributed by atoms with Crippen LogP contribution in [-0.4, -0.2) is 91.8 Å². The van der Waals surface area contributed by atoms with Crippen molar-refractivity contribution in [1.29, 1.82) is 0 Å². The first-order valence-corrected chi connectivity index (χ1v) is 10.8. The fourth-order valence-electron chi connectivity index (χ4n) is 3.76. The summed E-state index contributed by atoms with van der Waals surface area (Å²) < 4.78 is 9.59. The predicted octanol–water partition coefficient (Wildman–Crippen LogP) is -1.08. The number of nitro groups is 1. The molecule has 2 atom stereocenters. The molecule has 2 saturated heterocycles. The highest BCUT2D eigenvalue weighted by atomic mass is 32.2. The average molecular weight is 453 g/mol. The molecule has 2 fully saturated rings. The van der Waals surface area contributed by atoms with Crippen LogP contribution in [0.1, 0.15) is 0 Å². The van der Waals surface area contributed by atoms with Crippen LogP contribution in [0, 0.1) is 10.1 Å². The molecule has 1 aromatic carbocycles. The molecule has 3 rings (SSSR count). The van der Waals surface area contributed by atoms with E-state index in [2.05, 4.69) is 4.90 Å². The summed E-state index contributed by atoms with van der Waals surface area (Å²) in [5.41, 5.74) is 0.936. The summed E-state index contributed by atoms with van der Waals surface area (Å²) in [5, 5.41) is 9.95. The molecule has 1 N–H and O–H groups in total. The molecular weight excluding hydrogens is 428 g/mol. The van der Waals surface area contributed by atoms with Gasteiger partial charge in [-0.3, -0.25) is 14.9 Å². The lowest BCUT2D eigenvalue weighted by Crippen LogP contribution is -3.16. The summed E-state index contributed by atoms with van der Waals surface area (Å²) in [6, 6.07) is 5.58. The number of carbonyl (C=O) groups excluding carboxylic acids is 3. The summed E-state index contributed by atoms with van der Waals surface area (Å²) in [6.07, 6.45) is 0. The maximum atomic E-state index is 13.0. The number of thioether (sulfide) groups is 1. The maximum Gasteiger partial charge on any atom is 0.339 e. The van der Waals surface area contributed by atoms with Gasteiger partial charge in [-0.1, -0.05) is 0 Å². The van der Waals surface area contributed by atoms with E-state index in [1.807, 2.05) is 0 Å². The van der Waals surface area contributed by atoms with Gasteiger partial charge in [0.05, 0.1) is 45.3 Å². The number of carbonyl (C=O) groups is 3. The SMILES string of the molecule is COC(=O)[C@@H]1CS[C@@H](C(=O)OC)N1C(=O)C[NH+]1CCN(c2ccc([N+](=O)[O-])cc2)CC1. The van der Waals surface area contributed by atoms with Crippen LogP contribution in [0.3, 0.4) is 0 Å². The van der Waals surface area contributed by atoms with E-state index in [1.165, 1.54) is 43.0 Å². The van der Waals surface area contributed by atoms with Gasteiger partial charge in [-0.05, 0) is 12.1 Å². The molecule has 0 spiro atoms. The van der Waals surface area contributed by atoms with Crippen LogP contribution in [0.4, 0.5) is 11.4 Å². The fraction of sp³-hybridized carbons (Fsp3) is 0.526. The second-order valence-corrected chi connectivity index (χ2v) is 8.35. The van der Waals surface area contributed by atoms with Crippen molar-refractivity contribution in [3.8, 4) is 0 Å². The number of ether oxygens (including phenoxy) is 2. The van der Waals surface area contributed by atoms with E-state index in [0.29, 0.717) is 26.2 Å². The average Bonchev–Trinajstić information content (AvgIpc) is 3.24. The quantitative estimate of drug-likeness (QED) is 0.325. The third-order valence-electron chi connectivity index (χ3n) is 5.46. The number of benzene rings is 1. The summed E-state index contributed by atoms with van der Waals surface area (Å²) in [4.78, 5) is 52.0. The molecule has 0 aromatic heterocycles. The third kappa shape index (κ3) is 5.07. The molecule has 0 bridgehead atoms. The standard InChI is InChI=1S/C19H24N4O7S/c1-29-18(25)15-12-31-17(19(26)30-2)22(15)16(24)11-20-7-9-21(10-8-20)13-3-5-14(6-4-13)23(27)28/h3-6,15,17H,7-12H2,1-2H3/p+1/t15-,17-/m0/s1. The van der Waals surface area contributed by atoms with Gasteiger partial charge >= 0.3 is 11.9 Å². The van der Waals surface area contributed by atoms with Gasteiger partial charge in [-0.25, -0.2) is 9.59 Å². The number of esters is 2. The van der Waals surface area contributed by atoms with Crippen molar-refractivity contribution < 1.29 is 33.7 Å². The van der Waals surface area contributed by atoms with Gasteiger partial charge < -0.3 is 24.2 Å². The van der Waals surface area contributed by atoms with E-state index < -0.39 is 28.3 Å². The van der Waals surface area contributed by atoms with Gasteiger partial charge in [0.15, 0.2) is 11.9 Å². The molecule has 31 heavy (non-hydrogen) atoms. The number of piperazine rings is 1. The number of hydrogen-bond donors (Lipinski definition) is 1. The Kier molecular flexibility index (Phi) is 7.33. The van der Waals surface area contributed by atoms with Crippen LogP contribution in [0.5, 0.6) is 0 Å². The zero-order valence-corrected chi connectivity index (χ0v) is 18.1. The first-order valence-electron chi connectivity index (χ1n) is 9.77. The van der Waals surface area contributed by atoms with E-state index in [4.69, 9.17) is 9.47 Å². The number of rotatable bonds is 6. The number of nitrogens with one attached hydrogen (secondary N) is 1. The maximum absolute atomic E-state index is 13.0. The highest BCUT2D eigenvalue weighted by Crippen LogP contribution is 2.30. The van der Waals surface area contributed by atoms with Crippen molar-refractivity contribution in [2.75, 3.05) is 57.6 Å². The fourth-order valence-corrected chi connectivity index (χ4v) is 5.08. The molecule has 12 heteroatoms. The normalized spacial score (nSPS) is 21.6. The monoisotopic (exact) mass is 453 g/mol. The number of anilines is 1. The molecule has 1 amide bonds. The summed E-state index contributed by atoms with van der Waals surface area (Å²) in [5.74, 6) is -1.14. The minimum Gasteiger partial charge on any atom is -0.467 e. The second-order valence-electron chi connectivity index (χ2n) is 7.24. The zero-order valence-electron chi connectivity index (χ0n) is 17.3. The first kappa shape index (κ1) is 22.8. The Hall–Kier alpha value is -2.86. The lowest BCUT2D eigenvalue weighted by Gasteiger charge is -2.34. The van der Waals surface area contributed by atoms with Gasteiger partial charge in [0, 0.05) is 23.6 Å². The number of hydrogen-bond acceptors (Lipinski definition) is 9. The van der Waals surface area contributed by atoms with Crippen molar-refractivity contribution in [3.05, 3.63) is 34.4 Å². The second kappa shape index (κ2) is 9.96. The Morgan fingerprint density at radius 2 is 1.74 bits per heavy atom. The topological polar surface area (TPSA) is 124 Å². The highest BCUT2D eigenvalue weighted by Gasteiger charge is 2.47. The zero-order chi connectivity index (χ0) is 22.5. The van der Waals surface area contributed by atoms with Crippen molar-refractivity contribution in [2.24, 2.45) is 0 Å². The van der Waals surface area contributed by atoms with Crippen LogP contribution in [0.2, 0.25) is 0 Å². The Morgan fingerprint density at radius 1 is 1.13 bits per heavy atom. The molecule has 0 aliphatic carbocycles. The Morgan fingerprint density at radius 3 is 2.29 bits per heavy atom. The van der Waals surface area contributed by atoms with Crippen LogP contribution < -0.4 is 9.80 Å². The van der Waals surface area contributed by atoms with Gasteiger partial charge in [-0.15, -0.1) is 11.8 Å². The van der Waals surface area contributed by atoms with Crippen molar-refractivity contribution >= 4 is 41.0 Å². The molecular formula is C19H25N4O7S+. The van der Waals surface area contributed by atoms with E-state index in [9.17, 15) is 24.5 Å². The van der Waals surface area contributed by atoms with Crippen LogP contribution in [-0.2, 0) is 23.9 Å². The number of non-ortho nitro benzene ring substituents is 1. The van der Waals surface area contributed by atoms with Gasteiger partial charge in [-0.2, -0.15) is 0 Å². The number of methoxy groups -OCH3 is 2. The third-order valence-corrected chi connectivity index (χ3v) is 6.71. The molecule has 0 unspecified atom stereocenters. The smallest absolute Gasteiger partial charge is 0.339 e. The molecule has 2 aliphatic rings. The molecule has 0 radical (unpaired) electrons. The lowest BCUT2D eigenvalue weighted by molar-refractivity contribution is -0.892. The highest BCUT2D eigenvalue weighted by molar-refractivity contribution is 8.00. The molecule has 1 aromatic rings. The van der Waals surface area contributed by atoms with E-state index in [0.717, 1.165) is 10.6 Å².